The average Bonchev–Trinajstić information content (AvgIpc) is 3.26. The second-order valence-corrected chi connectivity index (χ2v) is 14.0. The second kappa shape index (κ2) is 10.3. The third-order valence-electron chi connectivity index (χ3n) is 7.49. The van der Waals surface area contributed by atoms with Crippen molar-refractivity contribution >= 4 is 25.9 Å². The summed E-state index contributed by atoms with van der Waals surface area (Å²) in [6.45, 7) is 9.55. The molecule has 0 radical (unpaired) electrons. The minimum absolute atomic E-state index is 0.0547. The van der Waals surface area contributed by atoms with Crippen molar-refractivity contribution < 1.29 is 23.5 Å². The van der Waals surface area contributed by atoms with Crippen LogP contribution in [-0.2, 0) is 26.5 Å². The molecule has 192 valence electrons. The topological polar surface area (TPSA) is 70.1 Å². The Labute approximate surface area is 213 Å². The van der Waals surface area contributed by atoms with Crippen molar-refractivity contribution in [1.82, 2.24) is 4.90 Å². The summed E-state index contributed by atoms with van der Waals surface area (Å²) < 4.78 is 22.5. The molecule has 8 heteroatoms. The summed E-state index contributed by atoms with van der Waals surface area (Å²) in [4.78, 5) is 30.6. The van der Waals surface area contributed by atoms with Crippen LogP contribution in [0.3, 0.4) is 0 Å². The summed E-state index contributed by atoms with van der Waals surface area (Å²) in [6.07, 6.45) is 0.855. The quantitative estimate of drug-likeness (QED) is 0.308. The molecule has 4 atom stereocenters. The van der Waals surface area contributed by atoms with Crippen molar-refractivity contribution in [1.29, 1.82) is 0 Å². The van der Waals surface area contributed by atoms with E-state index in [4.69, 9.17) is 4.74 Å². The second-order valence-electron chi connectivity index (χ2n) is 10.2. The molecule has 0 saturated carbocycles. The minimum Gasteiger partial charge on any atom is -0.395 e. The lowest BCUT2D eigenvalue weighted by molar-refractivity contribution is -0.149. The number of aliphatic hydroxyl groups is 1. The van der Waals surface area contributed by atoms with E-state index in [0.717, 1.165) is 16.8 Å². The van der Waals surface area contributed by atoms with E-state index >= 15 is 4.11 Å². The standard InChI is InChI=1S/C28H35FN2O4Si/c1-5-15-31-23-14-10-9-13-22(23)28(27(31)34)20(2)26(36(3,4)29)24(35-28)18-25(33)30(16-17-32)19-21-11-7-6-8-12-21/h5-14,20,24,26,32H,1,15-19H2,2-4H3/t20-,24+,26-,28+/m0/s1. The number of hydrogen-bond donors (Lipinski definition) is 1. The highest BCUT2D eigenvalue weighted by Crippen LogP contribution is 2.60. The van der Waals surface area contributed by atoms with Crippen LogP contribution in [0.25, 0.3) is 0 Å². The molecule has 0 aliphatic carbocycles. The van der Waals surface area contributed by atoms with Crippen molar-refractivity contribution in [3.63, 3.8) is 0 Å². The highest BCUT2D eigenvalue weighted by molar-refractivity contribution is 6.72. The summed E-state index contributed by atoms with van der Waals surface area (Å²) in [6, 6.07) is 17.0. The molecule has 1 fully saturated rings. The number of benzene rings is 2. The van der Waals surface area contributed by atoms with Crippen LogP contribution in [0.1, 0.15) is 24.5 Å². The lowest BCUT2D eigenvalue weighted by Crippen LogP contribution is -2.45. The summed E-state index contributed by atoms with van der Waals surface area (Å²) in [5, 5.41) is 9.60. The molecule has 2 amide bonds. The normalized spacial score (nSPS) is 25.3. The molecule has 2 aromatic rings. The Kier molecular flexibility index (Phi) is 7.50. The largest absolute Gasteiger partial charge is 0.395 e. The van der Waals surface area contributed by atoms with Gasteiger partial charge in [0, 0.05) is 36.7 Å². The van der Waals surface area contributed by atoms with Gasteiger partial charge in [-0.1, -0.05) is 61.5 Å². The summed E-state index contributed by atoms with van der Waals surface area (Å²) in [7, 11) is -3.37. The van der Waals surface area contributed by atoms with E-state index in [2.05, 4.69) is 6.58 Å². The Hall–Kier alpha value is -2.81. The number of rotatable bonds is 9. The van der Waals surface area contributed by atoms with Crippen LogP contribution in [0, 0.1) is 5.92 Å². The molecule has 2 aliphatic rings. The fourth-order valence-corrected chi connectivity index (χ4v) is 8.52. The SMILES string of the molecule is C=CCN1C(=O)[C@]2(O[C@H](CC(=O)N(CCO)Cc3ccccc3)[C@@H]([Si](C)(C)F)[C@@H]2C)c2ccccc21. The zero-order valence-electron chi connectivity index (χ0n) is 21.2. The smallest absolute Gasteiger partial charge is 0.264 e. The molecule has 0 unspecified atom stereocenters. The number of halogens is 1. The highest BCUT2D eigenvalue weighted by atomic mass is 28.4. The zero-order valence-corrected chi connectivity index (χ0v) is 22.2. The van der Waals surface area contributed by atoms with Crippen molar-refractivity contribution in [2.75, 3.05) is 24.6 Å². The van der Waals surface area contributed by atoms with Crippen molar-refractivity contribution in [2.45, 2.75) is 50.2 Å². The first kappa shape index (κ1) is 26.3. The number of nitrogens with zero attached hydrogens (tertiary/aromatic N) is 2. The molecular formula is C28H35FN2O4Si. The first-order valence-electron chi connectivity index (χ1n) is 12.5. The first-order chi connectivity index (χ1) is 17.1. The van der Waals surface area contributed by atoms with Gasteiger partial charge in [-0.25, -0.2) is 0 Å². The summed E-state index contributed by atoms with van der Waals surface area (Å²) in [5.41, 5.74) is 0.499. The van der Waals surface area contributed by atoms with Crippen molar-refractivity contribution in [3.05, 3.63) is 78.4 Å². The van der Waals surface area contributed by atoms with Gasteiger partial charge >= 0.3 is 0 Å². The molecule has 4 rings (SSSR count). The van der Waals surface area contributed by atoms with E-state index < -0.39 is 31.6 Å². The van der Waals surface area contributed by atoms with Gasteiger partial charge in [-0.05, 0) is 24.7 Å². The number of hydrogen-bond acceptors (Lipinski definition) is 4. The maximum absolute atomic E-state index is 15.9. The van der Waals surface area contributed by atoms with E-state index in [-0.39, 0.29) is 31.4 Å². The van der Waals surface area contributed by atoms with E-state index in [1.165, 1.54) is 0 Å². The number of amides is 2. The molecule has 36 heavy (non-hydrogen) atoms. The van der Waals surface area contributed by atoms with Crippen LogP contribution in [0.5, 0.6) is 0 Å². The van der Waals surface area contributed by atoms with E-state index in [9.17, 15) is 14.7 Å². The predicted octanol–water partition coefficient (Wildman–Crippen LogP) is 4.41. The Morgan fingerprint density at radius 2 is 1.89 bits per heavy atom. The fraction of sp³-hybridized carbons (Fsp3) is 0.429. The molecule has 2 heterocycles. The average molecular weight is 511 g/mol. The molecule has 1 spiro atoms. The molecule has 2 aliphatic heterocycles. The van der Waals surface area contributed by atoms with Crippen molar-refractivity contribution in [2.24, 2.45) is 5.92 Å². The molecule has 2 aromatic carbocycles. The van der Waals surface area contributed by atoms with Gasteiger partial charge in [0.15, 0.2) is 5.60 Å². The number of carbonyl (C=O) groups excluding carboxylic acids is 2. The number of ether oxygens (including phenoxy) is 1. The number of anilines is 1. The first-order valence-corrected chi connectivity index (χ1v) is 15.4. The lowest BCUT2D eigenvalue weighted by Gasteiger charge is -2.31. The number of carbonyl (C=O) groups is 2. The van der Waals surface area contributed by atoms with Gasteiger partial charge in [0.1, 0.15) is 0 Å². The number of fused-ring (bicyclic) bond motifs is 2. The highest BCUT2D eigenvalue weighted by Gasteiger charge is 2.66. The van der Waals surface area contributed by atoms with Crippen molar-refractivity contribution in [3.8, 4) is 0 Å². The Balaban J connectivity index is 1.68. The van der Waals surface area contributed by atoms with Crippen LogP contribution < -0.4 is 4.90 Å². The van der Waals surface area contributed by atoms with Crippen LogP contribution in [0.2, 0.25) is 18.6 Å². The Morgan fingerprint density at radius 3 is 2.53 bits per heavy atom. The Bertz CT molecular complexity index is 1120. The minimum atomic E-state index is -3.37. The maximum atomic E-state index is 15.9. The van der Waals surface area contributed by atoms with Gasteiger partial charge in [0.05, 0.1) is 24.8 Å². The summed E-state index contributed by atoms with van der Waals surface area (Å²) >= 11 is 0. The molecule has 1 saturated heterocycles. The van der Waals surface area contributed by atoms with Gasteiger partial charge < -0.3 is 23.8 Å². The van der Waals surface area contributed by atoms with Crippen LogP contribution >= 0.6 is 0 Å². The lowest BCUT2D eigenvalue weighted by atomic mass is 9.82. The van der Waals surface area contributed by atoms with Crippen LogP contribution in [0.15, 0.2) is 67.3 Å². The van der Waals surface area contributed by atoms with E-state index in [0.29, 0.717) is 13.1 Å². The van der Waals surface area contributed by atoms with Gasteiger partial charge in [0.2, 0.25) is 14.3 Å². The van der Waals surface area contributed by atoms with Gasteiger partial charge in [-0.3, -0.25) is 9.59 Å². The molecule has 0 bridgehead atoms. The third kappa shape index (κ3) is 4.53. The fourth-order valence-electron chi connectivity index (χ4n) is 6.03. The summed E-state index contributed by atoms with van der Waals surface area (Å²) in [5.74, 6) is -0.913. The molecule has 1 N–H and O–H groups in total. The van der Waals surface area contributed by atoms with Gasteiger partial charge in [0.25, 0.3) is 5.91 Å². The predicted molar refractivity (Wildman–Crippen MR) is 141 cm³/mol. The Morgan fingerprint density at radius 1 is 1.22 bits per heavy atom. The molecule has 0 aromatic heterocycles. The zero-order chi connectivity index (χ0) is 26.1. The van der Waals surface area contributed by atoms with E-state index in [1.54, 1.807) is 29.0 Å². The van der Waals surface area contributed by atoms with Crippen LogP contribution in [0.4, 0.5) is 9.80 Å². The number of para-hydroxylation sites is 1. The van der Waals surface area contributed by atoms with Crippen LogP contribution in [-0.4, -0.2) is 56.0 Å². The van der Waals surface area contributed by atoms with Gasteiger partial charge in [-0.2, -0.15) is 0 Å². The molecule has 6 nitrogen and oxygen atoms in total. The monoisotopic (exact) mass is 510 g/mol. The number of aliphatic hydroxyl groups excluding tert-OH is 1. The van der Waals surface area contributed by atoms with E-state index in [1.807, 2.05) is 61.5 Å². The third-order valence-corrected chi connectivity index (χ3v) is 9.95. The maximum Gasteiger partial charge on any atom is 0.264 e. The van der Waals surface area contributed by atoms with Gasteiger partial charge in [-0.15, -0.1) is 6.58 Å². The molecular weight excluding hydrogens is 475 g/mol.